The van der Waals surface area contributed by atoms with E-state index in [-0.39, 0.29) is 6.10 Å². The lowest BCUT2D eigenvalue weighted by Gasteiger charge is -2.42. The second kappa shape index (κ2) is 4.66. The van der Waals surface area contributed by atoms with Crippen LogP contribution in [0.4, 0.5) is 0 Å². The van der Waals surface area contributed by atoms with Gasteiger partial charge in [-0.2, -0.15) is 0 Å². The van der Waals surface area contributed by atoms with Crippen molar-refractivity contribution in [3.63, 3.8) is 0 Å². The van der Waals surface area contributed by atoms with E-state index in [2.05, 4.69) is 20.8 Å². The molecule has 1 aliphatic carbocycles. The molecule has 2 heteroatoms. The summed E-state index contributed by atoms with van der Waals surface area (Å²) in [5.41, 5.74) is 0.435. The van der Waals surface area contributed by atoms with Crippen LogP contribution in [0.5, 0.6) is 0 Å². The Morgan fingerprint density at radius 1 is 1.31 bits per heavy atom. The van der Waals surface area contributed by atoms with Gasteiger partial charge in [-0.3, -0.25) is 0 Å². The minimum Gasteiger partial charge on any atom is -0.393 e. The highest BCUT2D eigenvalue weighted by atomic mass is 16.5. The maximum absolute atomic E-state index is 9.60. The Balaban J connectivity index is 1.81. The van der Waals surface area contributed by atoms with E-state index in [0.717, 1.165) is 43.8 Å². The van der Waals surface area contributed by atoms with Crippen LogP contribution < -0.4 is 0 Å². The molecule has 1 saturated heterocycles. The van der Waals surface area contributed by atoms with Gasteiger partial charge in [0.05, 0.1) is 19.3 Å². The molecule has 1 heterocycles. The fourth-order valence-electron chi connectivity index (χ4n) is 3.47. The van der Waals surface area contributed by atoms with Crippen molar-refractivity contribution in [2.75, 3.05) is 13.2 Å². The van der Waals surface area contributed by atoms with Crippen LogP contribution in [0, 0.1) is 23.2 Å². The summed E-state index contributed by atoms with van der Waals surface area (Å²) in [6.45, 7) is 8.97. The average molecular weight is 226 g/mol. The van der Waals surface area contributed by atoms with Gasteiger partial charge in [0.25, 0.3) is 0 Å². The molecule has 1 saturated carbocycles. The minimum absolute atomic E-state index is 0.0257. The fourth-order valence-corrected chi connectivity index (χ4v) is 3.47. The third kappa shape index (κ3) is 2.60. The Kier molecular flexibility index (Phi) is 3.60. The highest BCUT2D eigenvalue weighted by Gasteiger charge is 2.38. The number of aliphatic hydroxyl groups is 1. The highest BCUT2D eigenvalue weighted by Crippen LogP contribution is 2.41. The topological polar surface area (TPSA) is 29.5 Å². The molecule has 4 unspecified atom stereocenters. The lowest BCUT2D eigenvalue weighted by atomic mass is 9.72. The van der Waals surface area contributed by atoms with Crippen LogP contribution >= 0.6 is 0 Å². The zero-order valence-electron chi connectivity index (χ0n) is 10.9. The SMILES string of the molecule is CC(CC1(C)COC1)C(C)C1CCC(O)C1. The van der Waals surface area contributed by atoms with Crippen molar-refractivity contribution >= 4 is 0 Å². The first-order chi connectivity index (χ1) is 7.50. The van der Waals surface area contributed by atoms with Gasteiger partial charge in [-0.05, 0) is 43.4 Å². The molecule has 1 aliphatic heterocycles. The number of ether oxygens (including phenoxy) is 1. The molecule has 0 bridgehead atoms. The highest BCUT2D eigenvalue weighted by molar-refractivity contribution is 4.87. The van der Waals surface area contributed by atoms with E-state index >= 15 is 0 Å². The molecular formula is C14H26O2. The fraction of sp³-hybridized carbons (Fsp3) is 1.00. The normalized spacial score (nSPS) is 36.8. The van der Waals surface area contributed by atoms with Gasteiger partial charge in [-0.15, -0.1) is 0 Å². The Bertz CT molecular complexity index is 235. The summed E-state index contributed by atoms with van der Waals surface area (Å²) in [5.74, 6) is 2.24. The van der Waals surface area contributed by atoms with Crippen LogP contribution in [0.15, 0.2) is 0 Å². The monoisotopic (exact) mass is 226 g/mol. The van der Waals surface area contributed by atoms with Gasteiger partial charge >= 0.3 is 0 Å². The minimum atomic E-state index is -0.0257. The smallest absolute Gasteiger partial charge is 0.0543 e. The number of hydrogen-bond donors (Lipinski definition) is 1. The van der Waals surface area contributed by atoms with Gasteiger partial charge in [0.1, 0.15) is 0 Å². The van der Waals surface area contributed by atoms with Crippen LogP contribution in [-0.2, 0) is 4.74 Å². The van der Waals surface area contributed by atoms with Crippen molar-refractivity contribution in [3.05, 3.63) is 0 Å². The van der Waals surface area contributed by atoms with Crippen molar-refractivity contribution in [1.82, 2.24) is 0 Å². The zero-order valence-corrected chi connectivity index (χ0v) is 10.9. The second-order valence-corrected chi connectivity index (χ2v) is 6.57. The molecule has 16 heavy (non-hydrogen) atoms. The van der Waals surface area contributed by atoms with Crippen LogP contribution in [0.2, 0.25) is 0 Å². The number of rotatable bonds is 4. The van der Waals surface area contributed by atoms with Crippen molar-refractivity contribution < 1.29 is 9.84 Å². The molecule has 0 radical (unpaired) electrons. The van der Waals surface area contributed by atoms with Crippen molar-refractivity contribution in [1.29, 1.82) is 0 Å². The molecule has 2 fully saturated rings. The lowest BCUT2D eigenvalue weighted by molar-refractivity contribution is -0.116. The predicted molar refractivity (Wildman–Crippen MR) is 65.2 cm³/mol. The Labute approximate surface area is 99.4 Å². The predicted octanol–water partition coefficient (Wildman–Crippen LogP) is 2.85. The number of hydrogen-bond acceptors (Lipinski definition) is 2. The van der Waals surface area contributed by atoms with Gasteiger partial charge in [0.15, 0.2) is 0 Å². The Morgan fingerprint density at radius 3 is 2.44 bits per heavy atom. The molecule has 0 aromatic carbocycles. The summed E-state index contributed by atoms with van der Waals surface area (Å²) in [4.78, 5) is 0. The second-order valence-electron chi connectivity index (χ2n) is 6.57. The first-order valence-electron chi connectivity index (χ1n) is 6.76. The van der Waals surface area contributed by atoms with Crippen molar-refractivity contribution in [3.8, 4) is 0 Å². The van der Waals surface area contributed by atoms with E-state index in [1.54, 1.807) is 0 Å². The molecule has 1 N–H and O–H groups in total. The van der Waals surface area contributed by atoms with Crippen molar-refractivity contribution in [2.24, 2.45) is 23.2 Å². The van der Waals surface area contributed by atoms with E-state index < -0.39 is 0 Å². The van der Waals surface area contributed by atoms with Gasteiger partial charge in [0.2, 0.25) is 0 Å². The summed E-state index contributed by atoms with van der Waals surface area (Å²) in [6, 6.07) is 0. The first-order valence-corrected chi connectivity index (χ1v) is 6.76. The third-order valence-electron chi connectivity index (χ3n) is 4.80. The van der Waals surface area contributed by atoms with Gasteiger partial charge < -0.3 is 9.84 Å². The van der Waals surface area contributed by atoms with Crippen LogP contribution in [0.25, 0.3) is 0 Å². The van der Waals surface area contributed by atoms with E-state index in [0.29, 0.717) is 5.41 Å². The van der Waals surface area contributed by atoms with Crippen LogP contribution in [-0.4, -0.2) is 24.4 Å². The maximum Gasteiger partial charge on any atom is 0.0543 e. The largest absolute Gasteiger partial charge is 0.393 e. The molecule has 0 amide bonds. The van der Waals surface area contributed by atoms with E-state index in [9.17, 15) is 5.11 Å². The quantitative estimate of drug-likeness (QED) is 0.798. The van der Waals surface area contributed by atoms with Gasteiger partial charge in [-0.1, -0.05) is 20.8 Å². The first kappa shape index (κ1) is 12.4. The van der Waals surface area contributed by atoms with E-state index in [1.165, 1.54) is 12.8 Å². The molecule has 2 nitrogen and oxygen atoms in total. The molecule has 0 aromatic rings. The van der Waals surface area contributed by atoms with Crippen LogP contribution in [0.3, 0.4) is 0 Å². The summed E-state index contributed by atoms with van der Waals surface area (Å²) >= 11 is 0. The van der Waals surface area contributed by atoms with E-state index in [1.807, 2.05) is 0 Å². The average Bonchev–Trinajstić information content (AvgIpc) is 2.61. The molecule has 4 atom stereocenters. The van der Waals surface area contributed by atoms with Gasteiger partial charge in [0, 0.05) is 5.41 Å². The Morgan fingerprint density at radius 2 is 2.00 bits per heavy atom. The molecule has 2 aliphatic rings. The molecule has 0 aromatic heterocycles. The maximum atomic E-state index is 9.60. The van der Waals surface area contributed by atoms with E-state index in [4.69, 9.17) is 4.74 Å². The molecular weight excluding hydrogens is 200 g/mol. The molecule has 0 spiro atoms. The standard InChI is InChI=1S/C14H26O2/c1-10(7-14(3)8-16-9-14)11(2)12-4-5-13(15)6-12/h10-13,15H,4-9H2,1-3H3. The van der Waals surface area contributed by atoms with Crippen molar-refractivity contribution in [2.45, 2.75) is 52.6 Å². The Hall–Kier alpha value is -0.0800. The molecule has 2 rings (SSSR count). The summed E-state index contributed by atoms with van der Waals surface area (Å²) < 4.78 is 5.32. The van der Waals surface area contributed by atoms with Crippen LogP contribution in [0.1, 0.15) is 46.5 Å². The van der Waals surface area contributed by atoms with Gasteiger partial charge in [-0.25, -0.2) is 0 Å². The summed E-state index contributed by atoms with van der Waals surface area (Å²) in [5, 5.41) is 9.60. The third-order valence-corrected chi connectivity index (χ3v) is 4.80. The lowest BCUT2D eigenvalue weighted by Crippen LogP contribution is -2.42. The number of aliphatic hydroxyl groups excluding tert-OH is 1. The summed E-state index contributed by atoms with van der Waals surface area (Å²) in [7, 11) is 0. The summed E-state index contributed by atoms with van der Waals surface area (Å²) in [6.07, 6.45) is 4.52. The molecule has 94 valence electrons. The zero-order chi connectivity index (χ0) is 11.8.